The lowest BCUT2D eigenvalue weighted by atomic mass is 9.89. The molecule has 0 saturated carbocycles. The molecule has 2 N–H and O–H groups in total. The third kappa shape index (κ3) is 3.41. The highest BCUT2D eigenvalue weighted by atomic mass is 16.7. The van der Waals surface area contributed by atoms with Crippen LogP contribution in [0, 0.1) is 0 Å². The van der Waals surface area contributed by atoms with Crippen molar-refractivity contribution in [1.29, 1.82) is 0 Å². The Morgan fingerprint density at radius 1 is 1.40 bits per heavy atom. The fourth-order valence-corrected chi connectivity index (χ4v) is 1.79. The lowest BCUT2D eigenvalue weighted by Crippen LogP contribution is -2.56. The number of rotatable bonds is 1. The minimum atomic E-state index is -1.15. The summed E-state index contributed by atoms with van der Waals surface area (Å²) in [5.74, 6) is 0. The Balaban J connectivity index is 2.65. The van der Waals surface area contributed by atoms with E-state index in [0.29, 0.717) is 0 Å². The van der Waals surface area contributed by atoms with Gasteiger partial charge in [-0.3, -0.25) is 0 Å². The van der Waals surface area contributed by atoms with E-state index < -0.39 is 24.1 Å². The smallest absolute Gasteiger partial charge is 0.161 e. The van der Waals surface area contributed by atoms with Crippen LogP contribution in [0.4, 0.5) is 0 Å². The molecule has 1 rings (SSSR count). The minimum Gasteiger partial charge on any atom is -0.387 e. The summed E-state index contributed by atoms with van der Waals surface area (Å²) in [6.45, 7) is 9.13. The molecule has 0 bridgehead atoms. The Labute approximate surface area is 91.2 Å². The van der Waals surface area contributed by atoms with Gasteiger partial charge in [-0.1, -0.05) is 0 Å². The van der Waals surface area contributed by atoms with Crippen LogP contribution >= 0.6 is 0 Å². The Bertz CT molecular complexity index is 219. The molecule has 1 fully saturated rings. The van der Waals surface area contributed by atoms with E-state index in [1.807, 2.05) is 20.8 Å². The first kappa shape index (κ1) is 12.9. The minimum absolute atomic E-state index is 0.287. The monoisotopic (exact) mass is 218 g/mol. The van der Waals surface area contributed by atoms with Crippen molar-refractivity contribution in [2.75, 3.05) is 0 Å². The van der Waals surface area contributed by atoms with Crippen LogP contribution in [-0.2, 0) is 9.47 Å². The Morgan fingerprint density at radius 3 is 2.33 bits per heavy atom. The molecule has 0 unspecified atom stereocenters. The van der Waals surface area contributed by atoms with Gasteiger partial charge < -0.3 is 19.7 Å². The van der Waals surface area contributed by atoms with Crippen molar-refractivity contribution in [3.8, 4) is 0 Å². The summed E-state index contributed by atoms with van der Waals surface area (Å²) in [6, 6.07) is 0. The van der Waals surface area contributed by atoms with Crippen LogP contribution in [-0.4, -0.2) is 39.9 Å². The highest BCUT2D eigenvalue weighted by Crippen LogP contribution is 2.31. The standard InChI is InChI=1S/C11H22O4/c1-7-9(12)11(5,13)6-8(14-7)15-10(2,3)4/h7-9,12-13H,6H2,1-5H3/t7-,8-,9+,11-/m0/s1. The molecule has 0 aromatic heterocycles. The topological polar surface area (TPSA) is 58.9 Å². The van der Waals surface area contributed by atoms with Gasteiger partial charge in [0.2, 0.25) is 0 Å². The first-order valence-corrected chi connectivity index (χ1v) is 5.35. The third-order valence-corrected chi connectivity index (χ3v) is 2.51. The second-order valence-electron chi connectivity index (χ2n) is 5.51. The molecule has 1 aliphatic heterocycles. The lowest BCUT2D eigenvalue weighted by Gasteiger charge is -2.43. The number of hydrogen-bond donors (Lipinski definition) is 2. The molecule has 0 radical (unpaired) electrons. The summed E-state index contributed by atoms with van der Waals surface area (Å²) in [6.07, 6.45) is -1.45. The second-order valence-corrected chi connectivity index (χ2v) is 5.51. The van der Waals surface area contributed by atoms with Gasteiger partial charge in [0.15, 0.2) is 6.29 Å². The van der Waals surface area contributed by atoms with Gasteiger partial charge in [-0.2, -0.15) is 0 Å². The molecule has 1 aliphatic rings. The molecular formula is C11H22O4. The largest absolute Gasteiger partial charge is 0.387 e. The van der Waals surface area contributed by atoms with Crippen molar-refractivity contribution in [3.05, 3.63) is 0 Å². The molecule has 0 aromatic rings. The van der Waals surface area contributed by atoms with Crippen LogP contribution in [0.5, 0.6) is 0 Å². The molecule has 1 saturated heterocycles. The average Bonchev–Trinajstić information content (AvgIpc) is 1.95. The van der Waals surface area contributed by atoms with Crippen molar-refractivity contribution in [2.24, 2.45) is 0 Å². The van der Waals surface area contributed by atoms with E-state index in [9.17, 15) is 10.2 Å². The van der Waals surface area contributed by atoms with E-state index in [4.69, 9.17) is 9.47 Å². The van der Waals surface area contributed by atoms with Gasteiger partial charge in [0.25, 0.3) is 0 Å². The van der Waals surface area contributed by atoms with Crippen molar-refractivity contribution >= 4 is 0 Å². The van der Waals surface area contributed by atoms with E-state index in [1.165, 1.54) is 0 Å². The van der Waals surface area contributed by atoms with E-state index in [2.05, 4.69) is 0 Å². The zero-order chi connectivity index (χ0) is 11.9. The lowest BCUT2D eigenvalue weighted by molar-refractivity contribution is -0.293. The molecule has 0 spiro atoms. The summed E-state index contributed by atoms with van der Waals surface area (Å²) in [5, 5.41) is 19.7. The number of hydrogen-bond acceptors (Lipinski definition) is 4. The summed E-state index contributed by atoms with van der Waals surface area (Å²) in [7, 11) is 0. The van der Waals surface area contributed by atoms with Crippen molar-refractivity contribution in [2.45, 2.75) is 70.7 Å². The van der Waals surface area contributed by atoms with E-state index >= 15 is 0 Å². The molecule has 0 amide bonds. The predicted octanol–water partition coefficient (Wildman–Crippen LogP) is 1.05. The van der Waals surface area contributed by atoms with Gasteiger partial charge in [0.1, 0.15) is 6.10 Å². The molecule has 0 aromatic carbocycles. The molecule has 4 nitrogen and oxygen atoms in total. The normalized spacial score (nSPS) is 43.0. The molecule has 4 atom stereocenters. The van der Waals surface area contributed by atoms with Gasteiger partial charge in [-0.25, -0.2) is 0 Å². The quantitative estimate of drug-likeness (QED) is 0.690. The van der Waals surface area contributed by atoms with Crippen molar-refractivity contribution < 1.29 is 19.7 Å². The van der Waals surface area contributed by atoms with Crippen LogP contribution in [0.15, 0.2) is 0 Å². The molecular weight excluding hydrogens is 196 g/mol. The van der Waals surface area contributed by atoms with Gasteiger partial charge in [-0.15, -0.1) is 0 Å². The van der Waals surface area contributed by atoms with E-state index in [1.54, 1.807) is 13.8 Å². The molecule has 90 valence electrons. The maximum absolute atomic E-state index is 9.97. The highest BCUT2D eigenvalue weighted by Gasteiger charge is 2.44. The van der Waals surface area contributed by atoms with E-state index in [0.717, 1.165) is 0 Å². The van der Waals surface area contributed by atoms with Crippen LogP contribution in [0.3, 0.4) is 0 Å². The first-order chi connectivity index (χ1) is 6.62. The Kier molecular flexibility index (Phi) is 3.45. The maximum Gasteiger partial charge on any atom is 0.161 e. The van der Waals surface area contributed by atoms with Gasteiger partial charge >= 0.3 is 0 Å². The third-order valence-electron chi connectivity index (χ3n) is 2.51. The van der Waals surface area contributed by atoms with Crippen LogP contribution < -0.4 is 0 Å². The summed E-state index contributed by atoms with van der Waals surface area (Å²) >= 11 is 0. The van der Waals surface area contributed by atoms with Crippen LogP contribution in [0.25, 0.3) is 0 Å². The number of ether oxygens (including phenoxy) is 2. The second kappa shape index (κ2) is 4.01. The van der Waals surface area contributed by atoms with Gasteiger partial charge in [0, 0.05) is 6.42 Å². The zero-order valence-electron chi connectivity index (χ0n) is 10.2. The van der Waals surface area contributed by atoms with E-state index in [-0.39, 0.29) is 12.0 Å². The fraction of sp³-hybridized carbons (Fsp3) is 1.00. The first-order valence-electron chi connectivity index (χ1n) is 5.35. The molecule has 1 heterocycles. The van der Waals surface area contributed by atoms with Crippen LogP contribution in [0.2, 0.25) is 0 Å². The summed E-state index contributed by atoms with van der Waals surface area (Å²) in [5.41, 5.74) is -1.46. The highest BCUT2D eigenvalue weighted by molar-refractivity contribution is 4.91. The Morgan fingerprint density at radius 2 is 1.93 bits per heavy atom. The Hall–Kier alpha value is -0.160. The maximum atomic E-state index is 9.97. The van der Waals surface area contributed by atoms with Crippen LogP contribution in [0.1, 0.15) is 41.0 Å². The van der Waals surface area contributed by atoms with Gasteiger partial charge in [-0.05, 0) is 34.6 Å². The fourth-order valence-electron chi connectivity index (χ4n) is 1.79. The number of aliphatic hydroxyl groups excluding tert-OH is 1. The SMILES string of the molecule is C[C@@H]1O[C@@H](OC(C)(C)C)C[C@](C)(O)[C@@H]1O. The zero-order valence-corrected chi connectivity index (χ0v) is 10.2. The predicted molar refractivity (Wildman–Crippen MR) is 56.4 cm³/mol. The summed E-state index contributed by atoms with van der Waals surface area (Å²) < 4.78 is 11.1. The van der Waals surface area contributed by atoms with Crippen molar-refractivity contribution in [3.63, 3.8) is 0 Å². The van der Waals surface area contributed by atoms with Crippen molar-refractivity contribution in [1.82, 2.24) is 0 Å². The van der Waals surface area contributed by atoms with Gasteiger partial charge in [0.05, 0.1) is 17.3 Å². The molecule has 0 aliphatic carbocycles. The average molecular weight is 218 g/mol. The molecule has 15 heavy (non-hydrogen) atoms. The number of aliphatic hydroxyl groups is 2. The molecule has 4 heteroatoms. The summed E-state index contributed by atoms with van der Waals surface area (Å²) in [4.78, 5) is 0.